The van der Waals surface area contributed by atoms with Crippen LogP contribution in [0.3, 0.4) is 0 Å². The molecule has 0 spiro atoms. The van der Waals surface area contributed by atoms with Crippen LogP contribution in [0, 0.1) is 17.0 Å². The number of nitro groups is 1. The quantitative estimate of drug-likeness (QED) is 0.431. The molecule has 1 aromatic heterocycles. The highest BCUT2D eigenvalue weighted by Gasteiger charge is 2.16. The molecule has 0 aliphatic heterocycles. The monoisotopic (exact) mass is 322 g/mol. The van der Waals surface area contributed by atoms with Crippen LogP contribution in [-0.4, -0.2) is 16.2 Å². The molecule has 3 aromatic rings. The number of aromatic hydroxyl groups is 1. The van der Waals surface area contributed by atoms with E-state index in [0.29, 0.717) is 22.8 Å². The molecular weight excluding hydrogens is 308 g/mol. The van der Waals surface area contributed by atoms with E-state index in [9.17, 15) is 15.2 Å². The van der Waals surface area contributed by atoms with Crippen LogP contribution in [0.2, 0.25) is 0 Å². The zero-order valence-electron chi connectivity index (χ0n) is 12.8. The van der Waals surface area contributed by atoms with E-state index in [1.807, 2.05) is 13.0 Å². The number of hydrogen-bond acceptors (Lipinski definition) is 5. The molecule has 0 amide bonds. The summed E-state index contributed by atoms with van der Waals surface area (Å²) in [6.45, 7) is 1.87. The summed E-state index contributed by atoms with van der Waals surface area (Å²) in [5, 5.41) is 20.9. The number of para-hydroxylation sites is 1. The lowest BCUT2D eigenvalue weighted by molar-refractivity contribution is -0.384. The summed E-state index contributed by atoms with van der Waals surface area (Å²) in [5.41, 5.74) is 1.74. The Kier molecular flexibility index (Phi) is 4.11. The summed E-state index contributed by atoms with van der Waals surface area (Å²) in [4.78, 5) is 14.8. The van der Waals surface area contributed by atoms with E-state index in [-0.39, 0.29) is 11.4 Å². The Balaban J connectivity index is 1.89. The van der Waals surface area contributed by atoms with Gasteiger partial charge in [-0.05, 0) is 42.8 Å². The summed E-state index contributed by atoms with van der Waals surface area (Å²) in [6, 6.07) is 14.9. The van der Waals surface area contributed by atoms with Gasteiger partial charge in [0.25, 0.3) is 5.69 Å². The third kappa shape index (κ3) is 3.17. The number of phenols is 1. The number of nitro benzene ring substituents is 1. The van der Waals surface area contributed by atoms with E-state index in [1.54, 1.807) is 42.5 Å². The van der Waals surface area contributed by atoms with Gasteiger partial charge in [0.15, 0.2) is 0 Å². The third-order valence-corrected chi connectivity index (χ3v) is 3.45. The van der Waals surface area contributed by atoms with Gasteiger partial charge in [0.2, 0.25) is 0 Å². The molecule has 24 heavy (non-hydrogen) atoms. The van der Waals surface area contributed by atoms with Gasteiger partial charge in [0, 0.05) is 6.07 Å². The molecule has 3 rings (SSSR count). The fraction of sp³-hybridized carbons (Fsp3) is 0.0556. The number of phenolic OH excluding ortho intramolecular Hbond substituents is 1. The SMILES string of the molecule is Cc1ccc(N=Cc2ccc(-c3ccccc3[N+](=O)[O-])o2)c(O)c1. The molecule has 0 fully saturated rings. The van der Waals surface area contributed by atoms with Crippen molar-refractivity contribution in [3.63, 3.8) is 0 Å². The molecule has 0 bridgehead atoms. The Morgan fingerprint density at radius 2 is 1.96 bits per heavy atom. The van der Waals surface area contributed by atoms with Crippen molar-refractivity contribution in [1.29, 1.82) is 0 Å². The van der Waals surface area contributed by atoms with E-state index < -0.39 is 4.92 Å². The predicted octanol–water partition coefficient (Wildman–Crippen LogP) is 4.62. The number of nitrogens with zero attached hydrogens (tertiary/aromatic N) is 2. The van der Waals surface area contributed by atoms with Crippen molar-refractivity contribution >= 4 is 17.6 Å². The summed E-state index contributed by atoms with van der Waals surface area (Å²) in [5.74, 6) is 0.900. The van der Waals surface area contributed by atoms with Crippen molar-refractivity contribution in [2.24, 2.45) is 4.99 Å². The molecule has 0 unspecified atom stereocenters. The number of furan rings is 1. The zero-order valence-corrected chi connectivity index (χ0v) is 12.8. The molecule has 1 N–H and O–H groups in total. The summed E-state index contributed by atoms with van der Waals surface area (Å²) < 4.78 is 5.61. The maximum absolute atomic E-state index is 11.1. The van der Waals surface area contributed by atoms with Crippen LogP contribution in [0.15, 0.2) is 64.0 Å². The normalized spacial score (nSPS) is 11.0. The Labute approximate surface area is 137 Å². The average Bonchev–Trinajstić information content (AvgIpc) is 3.03. The number of hydrogen-bond donors (Lipinski definition) is 1. The van der Waals surface area contributed by atoms with Crippen LogP contribution < -0.4 is 0 Å². The number of benzene rings is 2. The molecule has 0 aliphatic rings. The number of aryl methyl sites for hydroxylation is 1. The molecule has 6 heteroatoms. The van der Waals surface area contributed by atoms with E-state index in [4.69, 9.17) is 4.42 Å². The minimum atomic E-state index is -0.448. The molecule has 0 saturated carbocycles. The second-order valence-corrected chi connectivity index (χ2v) is 5.23. The summed E-state index contributed by atoms with van der Waals surface area (Å²) >= 11 is 0. The molecule has 0 atom stereocenters. The van der Waals surface area contributed by atoms with Crippen molar-refractivity contribution in [3.8, 4) is 17.1 Å². The Hall–Kier alpha value is -3.41. The molecular formula is C18H14N2O4. The Morgan fingerprint density at radius 3 is 2.71 bits per heavy atom. The largest absolute Gasteiger partial charge is 0.506 e. The third-order valence-electron chi connectivity index (χ3n) is 3.45. The van der Waals surface area contributed by atoms with Crippen molar-refractivity contribution in [2.75, 3.05) is 0 Å². The topological polar surface area (TPSA) is 88.9 Å². The Morgan fingerprint density at radius 1 is 1.17 bits per heavy atom. The first-order valence-electron chi connectivity index (χ1n) is 7.22. The lowest BCUT2D eigenvalue weighted by atomic mass is 10.1. The van der Waals surface area contributed by atoms with E-state index >= 15 is 0 Å². The second-order valence-electron chi connectivity index (χ2n) is 5.23. The zero-order chi connectivity index (χ0) is 17.1. The van der Waals surface area contributed by atoms with Gasteiger partial charge in [-0.1, -0.05) is 18.2 Å². The van der Waals surface area contributed by atoms with E-state index in [1.165, 1.54) is 12.3 Å². The van der Waals surface area contributed by atoms with Gasteiger partial charge in [-0.25, -0.2) is 4.99 Å². The van der Waals surface area contributed by atoms with Crippen LogP contribution in [0.4, 0.5) is 11.4 Å². The van der Waals surface area contributed by atoms with Crippen LogP contribution in [0.1, 0.15) is 11.3 Å². The predicted molar refractivity (Wildman–Crippen MR) is 90.9 cm³/mol. The number of aliphatic imine (C=N–C) groups is 1. The van der Waals surface area contributed by atoms with E-state index in [0.717, 1.165) is 5.56 Å². The summed E-state index contributed by atoms with van der Waals surface area (Å²) in [7, 11) is 0. The standard InChI is InChI=1S/C18H14N2O4/c1-12-6-8-15(17(21)10-12)19-11-13-7-9-18(24-13)14-4-2-3-5-16(14)20(22)23/h2-11,21H,1H3. The fourth-order valence-corrected chi connectivity index (χ4v) is 2.28. The van der Waals surface area contributed by atoms with E-state index in [2.05, 4.69) is 4.99 Å². The fourth-order valence-electron chi connectivity index (χ4n) is 2.28. The highest BCUT2D eigenvalue weighted by atomic mass is 16.6. The highest BCUT2D eigenvalue weighted by Crippen LogP contribution is 2.31. The first kappa shape index (κ1) is 15.5. The molecule has 6 nitrogen and oxygen atoms in total. The molecule has 120 valence electrons. The second kappa shape index (κ2) is 6.37. The molecule has 0 radical (unpaired) electrons. The molecule has 1 heterocycles. The molecule has 0 saturated heterocycles. The number of rotatable bonds is 4. The molecule has 2 aromatic carbocycles. The van der Waals surface area contributed by atoms with Gasteiger partial charge in [0.05, 0.1) is 16.7 Å². The minimum absolute atomic E-state index is 0.0217. The van der Waals surface area contributed by atoms with Crippen LogP contribution >= 0.6 is 0 Å². The smallest absolute Gasteiger partial charge is 0.280 e. The lowest BCUT2D eigenvalue weighted by Crippen LogP contribution is -1.90. The first-order valence-corrected chi connectivity index (χ1v) is 7.22. The van der Waals surface area contributed by atoms with Crippen molar-refractivity contribution in [2.45, 2.75) is 6.92 Å². The van der Waals surface area contributed by atoms with Crippen molar-refractivity contribution in [3.05, 3.63) is 76.0 Å². The van der Waals surface area contributed by atoms with Gasteiger partial charge in [-0.2, -0.15) is 0 Å². The van der Waals surface area contributed by atoms with Gasteiger partial charge in [-0.15, -0.1) is 0 Å². The van der Waals surface area contributed by atoms with Crippen LogP contribution in [0.5, 0.6) is 5.75 Å². The maximum atomic E-state index is 11.1. The summed E-state index contributed by atoms with van der Waals surface area (Å²) in [6.07, 6.45) is 1.46. The van der Waals surface area contributed by atoms with Gasteiger partial charge >= 0.3 is 0 Å². The molecule has 0 aliphatic carbocycles. The average molecular weight is 322 g/mol. The van der Waals surface area contributed by atoms with Crippen LogP contribution in [-0.2, 0) is 0 Å². The van der Waals surface area contributed by atoms with Crippen LogP contribution in [0.25, 0.3) is 11.3 Å². The van der Waals surface area contributed by atoms with Gasteiger partial charge < -0.3 is 9.52 Å². The first-order chi connectivity index (χ1) is 11.5. The van der Waals surface area contributed by atoms with Crippen molar-refractivity contribution in [1.82, 2.24) is 0 Å². The van der Waals surface area contributed by atoms with Gasteiger partial charge in [0.1, 0.15) is 23.0 Å². The highest BCUT2D eigenvalue weighted by molar-refractivity contribution is 5.81. The minimum Gasteiger partial charge on any atom is -0.506 e. The van der Waals surface area contributed by atoms with Crippen molar-refractivity contribution < 1.29 is 14.4 Å². The lowest BCUT2D eigenvalue weighted by Gasteiger charge is -1.99. The Bertz CT molecular complexity index is 928. The maximum Gasteiger partial charge on any atom is 0.280 e. The van der Waals surface area contributed by atoms with Gasteiger partial charge in [-0.3, -0.25) is 10.1 Å².